The summed E-state index contributed by atoms with van der Waals surface area (Å²) in [4.78, 5) is 12.7. The molecule has 7 nitrogen and oxygen atoms in total. The normalized spacial score (nSPS) is 13.9. The van der Waals surface area contributed by atoms with Crippen molar-refractivity contribution in [2.75, 3.05) is 6.61 Å². The molecule has 42 heavy (non-hydrogen) atoms. The Hall–Kier alpha value is -4.35. The van der Waals surface area contributed by atoms with E-state index in [1.165, 1.54) is 6.07 Å². The smallest absolute Gasteiger partial charge is 0.343 e. The van der Waals surface area contributed by atoms with Gasteiger partial charge in [0, 0.05) is 32.3 Å². The molecule has 0 saturated carbocycles. The molecule has 0 radical (unpaired) electrons. The van der Waals surface area contributed by atoms with Crippen molar-refractivity contribution in [3.63, 3.8) is 0 Å². The van der Waals surface area contributed by atoms with Crippen molar-refractivity contribution >= 4 is 40.8 Å². The molecule has 0 saturated heterocycles. The van der Waals surface area contributed by atoms with Gasteiger partial charge in [0.25, 0.3) is 0 Å². The quantitative estimate of drug-likeness (QED) is 0.157. The first-order chi connectivity index (χ1) is 20.3. The number of nitrogens with two attached hydrogens (primary N) is 1. The first kappa shape index (κ1) is 29.2. The lowest BCUT2D eigenvalue weighted by Gasteiger charge is -2.27. The van der Waals surface area contributed by atoms with Crippen LogP contribution in [0.2, 0.25) is 15.1 Å². The van der Waals surface area contributed by atoms with Crippen LogP contribution in [0, 0.1) is 11.3 Å². The summed E-state index contributed by atoms with van der Waals surface area (Å²) >= 11 is 18.3. The fraction of sp³-hybridized carbons (Fsp3) is 0.125. The van der Waals surface area contributed by atoms with Gasteiger partial charge in [-0.05, 0) is 61.0 Å². The number of nitrogens with zero attached hydrogens (tertiary/aromatic N) is 1. The molecule has 0 bridgehead atoms. The Morgan fingerprint density at radius 2 is 1.76 bits per heavy atom. The average molecular weight is 622 g/mol. The first-order valence-electron chi connectivity index (χ1n) is 12.8. The minimum absolute atomic E-state index is 0.0519. The number of fused-ring (bicyclic) bond motifs is 1. The van der Waals surface area contributed by atoms with Crippen LogP contribution in [-0.4, -0.2) is 12.6 Å². The highest BCUT2D eigenvalue weighted by molar-refractivity contribution is 6.35. The Balaban J connectivity index is 1.45. The molecule has 0 spiro atoms. The molecule has 1 unspecified atom stereocenters. The van der Waals surface area contributed by atoms with Crippen molar-refractivity contribution < 1.29 is 23.7 Å². The Kier molecular flexibility index (Phi) is 8.79. The monoisotopic (exact) mass is 620 g/mol. The van der Waals surface area contributed by atoms with Gasteiger partial charge in [0.1, 0.15) is 29.7 Å². The van der Waals surface area contributed by atoms with Gasteiger partial charge in [-0.25, -0.2) is 4.79 Å². The average Bonchev–Trinajstić information content (AvgIpc) is 2.96. The molecule has 0 aliphatic carbocycles. The standard InChI is InChI=1S/C32H23Cl3N2O5/c1-2-39-29-13-18(7-11-27(29)40-17-20-6-8-22(34)14-26(20)35)30-24-10-9-23(15-28(24)42-31(37)25(30)16-36)41-32(38)19-4-3-5-21(33)12-19/h3-15,30H,2,17,37H2,1H3. The minimum Gasteiger partial charge on any atom is -0.490 e. The number of nitriles is 1. The van der Waals surface area contributed by atoms with E-state index >= 15 is 0 Å². The maximum absolute atomic E-state index is 12.7. The molecule has 0 amide bonds. The maximum atomic E-state index is 12.7. The van der Waals surface area contributed by atoms with E-state index in [0.29, 0.717) is 50.1 Å². The number of rotatable bonds is 8. The van der Waals surface area contributed by atoms with Crippen molar-refractivity contribution in [3.8, 4) is 29.1 Å². The highest BCUT2D eigenvalue weighted by atomic mass is 35.5. The van der Waals surface area contributed by atoms with Crippen molar-refractivity contribution in [1.82, 2.24) is 0 Å². The zero-order valence-corrected chi connectivity index (χ0v) is 24.5. The second kappa shape index (κ2) is 12.7. The number of carbonyl (C=O) groups is 1. The van der Waals surface area contributed by atoms with E-state index in [1.807, 2.05) is 13.0 Å². The number of hydrogen-bond acceptors (Lipinski definition) is 7. The molecule has 1 aliphatic heterocycles. The van der Waals surface area contributed by atoms with Crippen LogP contribution in [0.4, 0.5) is 0 Å². The molecule has 1 aliphatic rings. The summed E-state index contributed by atoms with van der Waals surface area (Å²) in [6.07, 6.45) is 0. The van der Waals surface area contributed by atoms with Crippen LogP contribution in [0.5, 0.6) is 23.0 Å². The highest BCUT2D eigenvalue weighted by Gasteiger charge is 2.32. The summed E-state index contributed by atoms with van der Waals surface area (Å²) in [5.41, 5.74) is 8.87. The SMILES string of the molecule is CCOc1cc(C2C(C#N)=C(N)Oc3cc(OC(=O)c4cccc(Cl)c4)ccc32)ccc1OCc1ccc(Cl)cc1Cl. The van der Waals surface area contributed by atoms with Crippen molar-refractivity contribution in [2.45, 2.75) is 19.4 Å². The number of hydrogen-bond donors (Lipinski definition) is 1. The number of benzene rings is 4. The van der Waals surface area contributed by atoms with Crippen LogP contribution in [0.25, 0.3) is 0 Å². The van der Waals surface area contributed by atoms with E-state index in [9.17, 15) is 10.1 Å². The summed E-state index contributed by atoms with van der Waals surface area (Å²) in [5, 5.41) is 11.4. The number of ether oxygens (including phenoxy) is 4. The molecular weight excluding hydrogens is 599 g/mol. The molecule has 5 rings (SSSR count). The van der Waals surface area contributed by atoms with Crippen LogP contribution in [-0.2, 0) is 6.61 Å². The van der Waals surface area contributed by atoms with Gasteiger partial charge in [-0.1, -0.05) is 59.1 Å². The lowest BCUT2D eigenvalue weighted by atomic mass is 9.83. The largest absolute Gasteiger partial charge is 0.490 e. The van der Waals surface area contributed by atoms with E-state index in [0.717, 1.165) is 11.1 Å². The number of carbonyl (C=O) groups excluding carboxylic acids is 1. The second-order valence-corrected chi connectivity index (χ2v) is 10.5. The van der Waals surface area contributed by atoms with Gasteiger partial charge in [-0.2, -0.15) is 5.26 Å². The van der Waals surface area contributed by atoms with Gasteiger partial charge in [0.15, 0.2) is 11.5 Å². The number of esters is 1. The molecule has 0 aromatic heterocycles. The third-order valence-electron chi connectivity index (χ3n) is 6.46. The topological polar surface area (TPSA) is 104 Å². The first-order valence-corrected chi connectivity index (χ1v) is 13.9. The molecule has 2 N–H and O–H groups in total. The zero-order valence-electron chi connectivity index (χ0n) is 22.2. The van der Waals surface area contributed by atoms with E-state index < -0.39 is 11.9 Å². The molecule has 1 atom stereocenters. The van der Waals surface area contributed by atoms with Crippen molar-refractivity contribution in [2.24, 2.45) is 5.73 Å². The Morgan fingerprint density at radius 1 is 0.952 bits per heavy atom. The number of allylic oxidation sites excluding steroid dienone is 1. The van der Waals surface area contributed by atoms with E-state index in [-0.39, 0.29) is 23.8 Å². The minimum atomic E-state index is -0.581. The van der Waals surface area contributed by atoms with Crippen molar-refractivity contribution in [3.05, 3.63) is 128 Å². The van der Waals surface area contributed by atoms with Crippen LogP contribution in [0.3, 0.4) is 0 Å². The molecule has 4 aromatic rings. The summed E-state index contributed by atoms with van der Waals surface area (Å²) in [6, 6.07) is 24.1. The van der Waals surface area contributed by atoms with E-state index in [2.05, 4.69) is 6.07 Å². The van der Waals surface area contributed by atoms with Gasteiger partial charge in [-0.3, -0.25) is 0 Å². The van der Waals surface area contributed by atoms with E-state index in [4.69, 9.17) is 59.5 Å². The third-order valence-corrected chi connectivity index (χ3v) is 7.28. The Bertz CT molecular complexity index is 1750. The summed E-state index contributed by atoms with van der Waals surface area (Å²) < 4.78 is 23.3. The second-order valence-electron chi connectivity index (χ2n) is 9.19. The molecule has 0 fully saturated rings. The van der Waals surface area contributed by atoms with Crippen LogP contribution in [0.1, 0.15) is 39.9 Å². The molecule has 212 valence electrons. The molecule has 10 heteroatoms. The summed E-state index contributed by atoms with van der Waals surface area (Å²) in [6.45, 7) is 2.44. The van der Waals surface area contributed by atoms with Crippen LogP contribution in [0.15, 0.2) is 90.3 Å². The maximum Gasteiger partial charge on any atom is 0.343 e. The predicted molar refractivity (Wildman–Crippen MR) is 161 cm³/mol. The van der Waals surface area contributed by atoms with E-state index in [1.54, 1.807) is 66.7 Å². The lowest BCUT2D eigenvalue weighted by molar-refractivity contribution is 0.0734. The Labute approximate surface area is 257 Å². The van der Waals surface area contributed by atoms with Crippen LogP contribution < -0.4 is 24.7 Å². The van der Waals surface area contributed by atoms with Gasteiger partial charge in [0.2, 0.25) is 5.88 Å². The van der Waals surface area contributed by atoms with Crippen LogP contribution >= 0.6 is 34.8 Å². The fourth-order valence-corrected chi connectivity index (χ4v) is 5.16. The fourth-order valence-electron chi connectivity index (χ4n) is 4.51. The number of halogens is 3. The Morgan fingerprint density at radius 3 is 2.50 bits per heavy atom. The van der Waals surface area contributed by atoms with Gasteiger partial charge in [0.05, 0.1) is 18.1 Å². The third kappa shape index (κ3) is 6.27. The zero-order chi connectivity index (χ0) is 29.8. The molecular formula is C32H23Cl3N2O5. The summed E-state index contributed by atoms with van der Waals surface area (Å²) in [7, 11) is 0. The summed E-state index contributed by atoms with van der Waals surface area (Å²) in [5.74, 6) is 0.366. The molecule has 4 aromatic carbocycles. The van der Waals surface area contributed by atoms with Crippen molar-refractivity contribution in [1.29, 1.82) is 5.26 Å². The molecule has 1 heterocycles. The predicted octanol–water partition coefficient (Wildman–Crippen LogP) is 8.06. The van der Waals surface area contributed by atoms with Gasteiger partial charge in [-0.15, -0.1) is 0 Å². The lowest BCUT2D eigenvalue weighted by Crippen LogP contribution is -2.21. The van der Waals surface area contributed by atoms with Gasteiger partial charge < -0.3 is 24.7 Å². The van der Waals surface area contributed by atoms with Gasteiger partial charge >= 0.3 is 5.97 Å². The highest BCUT2D eigenvalue weighted by Crippen LogP contribution is 2.45.